The number of nitrogens with two attached hydrogens (primary N) is 1. The molecule has 1 aromatic rings. The van der Waals surface area contributed by atoms with Crippen molar-refractivity contribution in [3.05, 3.63) is 35.1 Å². The van der Waals surface area contributed by atoms with Gasteiger partial charge in [-0.2, -0.15) is 0 Å². The van der Waals surface area contributed by atoms with Gasteiger partial charge >= 0.3 is 0 Å². The summed E-state index contributed by atoms with van der Waals surface area (Å²) in [7, 11) is 0. The van der Waals surface area contributed by atoms with Crippen LogP contribution in [0.15, 0.2) is 18.2 Å². The van der Waals surface area contributed by atoms with Gasteiger partial charge < -0.3 is 10.5 Å². The highest BCUT2D eigenvalue weighted by molar-refractivity contribution is 5.85. The van der Waals surface area contributed by atoms with Gasteiger partial charge in [0.05, 0.1) is 18.8 Å². The minimum absolute atomic E-state index is 0. The molecule has 1 aliphatic rings. The molecule has 4 heteroatoms. The van der Waals surface area contributed by atoms with E-state index in [-0.39, 0.29) is 30.4 Å². The topological polar surface area (TPSA) is 35.2 Å². The molecule has 0 fully saturated rings. The Kier molecular flexibility index (Phi) is 3.48. The number of halogens is 2. The molecule has 0 spiro atoms. The van der Waals surface area contributed by atoms with Gasteiger partial charge in [0.1, 0.15) is 5.82 Å². The fourth-order valence-electron chi connectivity index (χ4n) is 1.64. The van der Waals surface area contributed by atoms with Crippen LogP contribution >= 0.6 is 12.4 Å². The molecule has 0 radical (unpaired) electrons. The van der Waals surface area contributed by atoms with E-state index in [1.54, 1.807) is 6.07 Å². The van der Waals surface area contributed by atoms with Crippen molar-refractivity contribution in [2.24, 2.45) is 5.73 Å². The van der Waals surface area contributed by atoms with Gasteiger partial charge in [-0.05, 0) is 18.6 Å². The highest BCUT2D eigenvalue weighted by atomic mass is 35.5. The summed E-state index contributed by atoms with van der Waals surface area (Å²) in [6, 6.07) is 4.63. The van der Waals surface area contributed by atoms with E-state index in [4.69, 9.17) is 10.5 Å². The van der Waals surface area contributed by atoms with Crippen LogP contribution < -0.4 is 5.73 Å². The molecule has 0 saturated heterocycles. The second-order valence-electron chi connectivity index (χ2n) is 3.35. The van der Waals surface area contributed by atoms with E-state index in [0.717, 1.165) is 5.56 Å². The largest absolute Gasteiger partial charge is 0.372 e. The van der Waals surface area contributed by atoms with Gasteiger partial charge in [-0.15, -0.1) is 12.4 Å². The van der Waals surface area contributed by atoms with E-state index < -0.39 is 0 Å². The van der Waals surface area contributed by atoms with Crippen molar-refractivity contribution in [2.75, 3.05) is 0 Å². The molecular weight excluding hydrogens is 205 g/mol. The molecule has 78 valence electrons. The Labute approximate surface area is 88.7 Å². The summed E-state index contributed by atoms with van der Waals surface area (Å²) in [5.74, 6) is -0.222. The van der Waals surface area contributed by atoms with Gasteiger partial charge in [0.2, 0.25) is 0 Å². The summed E-state index contributed by atoms with van der Waals surface area (Å²) < 4.78 is 18.7. The second-order valence-corrected chi connectivity index (χ2v) is 3.35. The SMILES string of the molecule is C[C@@H]1OCc2cccc(F)c2[C@@H]1N.Cl. The maximum absolute atomic E-state index is 13.4. The summed E-state index contributed by atoms with van der Waals surface area (Å²) in [6.07, 6.45) is -0.107. The number of rotatable bonds is 0. The Morgan fingerprint density at radius 3 is 2.93 bits per heavy atom. The normalized spacial score (nSPS) is 25.1. The molecule has 14 heavy (non-hydrogen) atoms. The maximum Gasteiger partial charge on any atom is 0.128 e. The van der Waals surface area contributed by atoms with Gasteiger partial charge in [0, 0.05) is 5.56 Å². The van der Waals surface area contributed by atoms with Crippen molar-refractivity contribution < 1.29 is 9.13 Å². The smallest absolute Gasteiger partial charge is 0.128 e. The third kappa shape index (κ3) is 1.75. The minimum atomic E-state index is -0.343. The quantitative estimate of drug-likeness (QED) is 0.723. The summed E-state index contributed by atoms with van der Waals surface area (Å²) in [5.41, 5.74) is 7.30. The van der Waals surface area contributed by atoms with E-state index in [1.165, 1.54) is 6.07 Å². The first-order valence-electron chi connectivity index (χ1n) is 4.34. The van der Waals surface area contributed by atoms with Crippen LogP contribution in [0.5, 0.6) is 0 Å². The second kappa shape index (κ2) is 4.26. The van der Waals surface area contributed by atoms with Gasteiger partial charge in [-0.1, -0.05) is 12.1 Å². The Morgan fingerprint density at radius 2 is 2.21 bits per heavy atom. The zero-order valence-electron chi connectivity index (χ0n) is 7.87. The zero-order chi connectivity index (χ0) is 9.42. The third-order valence-corrected chi connectivity index (χ3v) is 2.48. The molecule has 1 aliphatic heterocycles. The van der Waals surface area contributed by atoms with Crippen molar-refractivity contribution in [1.82, 2.24) is 0 Å². The average molecular weight is 218 g/mol. The van der Waals surface area contributed by atoms with Crippen molar-refractivity contribution in [2.45, 2.75) is 25.7 Å². The van der Waals surface area contributed by atoms with E-state index >= 15 is 0 Å². The fraction of sp³-hybridized carbons (Fsp3) is 0.400. The molecule has 0 bridgehead atoms. The number of hydrogen-bond donors (Lipinski definition) is 1. The van der Waals surface area contributed by atoms with E-state index in [9.17, 15) is 4.39 Å². The molecule has 2 N–H and O–H groups in total. The third-order valence-electron chi connectivity index (χ3n) is 2.48. The Morgan fingerprint density at radius 1 is 1.50 bits per heavy atom. The minimum Gasteiger partial charge on any atom is -0.372 e. The van der Waals surface area contributed by atoms with Crippen LogP contribution in [0.2, 0.25) is 0 Å². The molecule has 2 atom stereocenters. The fourth-order valence-corrected chi connectivity index (χ4v) is 1.64. The number of ether oxygens (including phenoxy) is 1. The predicted octanol–water partition coefficient (Wildman–Crippen LogP) is 2.17. The summed E-state index contributed by atoms with van der Waals surface area (Å²) in [6.45, 7) is 2.32. The molecule has 0 aliphatic carbocycles. The Hall–Kier alpha value is -0.640. The van der Waals surface area contributed by atoms with Crippen molar-refractivity contribution in [3.63, 3.8) is 0 Å². The van der Waals surface area contributed by atoms with Gasteiger partial charge in [-0.3, -0.25) is 0 Å². The lowest BCUT2D eigenvalue weighted by Gasteiger charge is -2.28. The Bertz CT molecular complexity index is 332. The lowest BCUT2D eigenvalue weighted by Crippen LogP contribution is -2.32. The highest BCUT2D eigenvalue weighted by Gasteiger charge is 2.26. The summed E-state index contributed by atoms with van der Waals surface area (Å²) >= 11 is 0. The number of benzene rings is 1. The molecule has 2 nitrogen and oxygen atoms in total. The summed E-state index contributed by atoms with van der Waals surface area (Å²) in [5, 5.41) is 0. The van der Waals surface area contributed by atoms with Gasteiger partial charge in [0.15, 0.2) is 0 Å². The lowest BCUT2D eigenvalue weighted by molar-refractivity contribution is 0.0199. The van der Waals surface area contributed by atoms with Crippen LogP contribution in [-0.4, -0.2) is 6.10 Å². The van der Waals surface area contributed by atoms with Crippen molar-refractivity contribution in [1.29, 1.82) is 0 Å². The molecule has 0 saturated carbocycles. The van der Waals surface area contributed by atoms with E-state index in [1.807, 2.05) is 13.0 Å². The predicted molar refractivity (Wildman–Crippen MR) is 54.8 cm³/mol. The number of fused-ring (bicyclic) bond motifs is 1. The molecule has 0 unspecified atom stereocenters. The molecule has 0 amide bonds. The first-order valence-corrected chi connectivity index (χ1v) is 4.34. The van der Waals surface area contributed by atoms with Crippen molar-refractivity contribution >= 4 is 12.4 Å². The highest BCUT2D eigenvalue weighted by Crippen LogP contribution is 2.29. The first-order chi connectivity index (χ1) is 6.20. The van der Waals surface area contributed by atoms with E-state index in [2.05, 4.69) is 0 Å². The Balaban J connectivity index is 0.000000980. The number of hydrogen-bond acceptors (Lipinski definition) is 2. The van der Waals surface area contributed by atoms with Crippen LogP contribution in [-0.2, 0) is 11.3 Å². The molecule has 1 aromatic carbocycles. The zero-order valence-corrected chi connectivity index (χ0v) is 8.68. The molecular formula is C10H13ClFNO. The van der Waals surface area contributed by atoms with Crippen LogP contribution in [0.4, 0.5) is 4.39 Å². The first kappa shape index (κ1) is 11.4. The lowest BCUT2D eigenvalue weighted by atomic mass is 9.95. The molecule has 2 rings (SSSR count). The van der Waals surface area contributed by atoms with Crippen LogP contribution in [0.1, 0.15) is 24.1 Å². The van der Waals surface area contributed by atoms with Gasteiger partial charge in [0.25, 0.3) is 0 Å². The van der Waals surface area contributed by atoms with Crippen LogP contribution in [0.25, 0.3) is 0 Å². The molecule has 1 heterocycles. The van der Waals surface area contributed by atoms with Crippen molar-refractivity contribution in [3.8, 4) is 0 Å². The maximum atomic E-state index is 13.4. The van der Waals surface area contributed by atoms with Gasteiger partial charge in [-0.25, -0.2) is 4.39 Å². The van der Waals surface area contributed by atoms with Crippen LogP contribution in [0.3, 0.4) is 0 Å². The monoisotopic (exact) mass is 217 g/mol. The molecule has 0 aromatic heterocycles. The van der Waals surface area contributed by atoms with E-state index in [0.29, 0.717) is 12.2 Å². The van der Waals surface area contributed by atoms with Crippen LogP contribution in [0, 0.1) is 5.82 Å². The average Bonchev–Trinajstić information content (AvgIpc) is 2.12. The summed E-state index contributed by atoms with van der Waals surface area (Å²) in [4.78, 5) is 0. The standard InChI is InChI=1S/C10H12FNO.ClH/c1-6-10(12)9-7(5-13-6)3-2-4-8(9)11;/h2-4,6,10H,5,12H2,1H3;1H/t6-,10+;/m0./s1.